The Hall–Kier alpha value is -3.63. The quantitative estimate of drug-likeness (QED) is 0.279. The normalized spacial score (nSPS) is 13.3. The Balaban J connectivity index is 1.48. The molecule has 0 radical (unpaired) electrons. The molecule has 0 saturated heterocycles. The van der Waals surface area contributed by atoms with Crippen LogP contribution in [-0.2, 0) is 18.8 Å². The van der Waals surface area contributed by atoms with Gasteiger partial charge in [-0.3, -0.25) is 9.69 Å². The maximum absolute atomic E-state index is 12.9. The number of pyridine rings is 1. The Morgan fingerprint density at radius 3 is 2.58 bits per heavy atom. The minimum atomic E-state index is -0.292. The van der Waals surface area contributed by atoms with Gasteiger partial charge in [-0.15, -0.1) is 0 Å². The Morgan fingerprint density at radius 1 is 1.11 bits per heavy atom. The van der Waals surface area contributed by atoms with Crippen molar-refractivity contribution >= 4 is 51.9 Å². The van der Waals surface area contributed by atoms with Gasteiger partial charge >= 0.3 is 6.03 Å². The van der Waals surface area contributed by atoms with E-state index in [1.54, 1.807) is 17.0 Å². The molecule has 184 valence electrons. The topological polar surface area (TPSA) is 109 Å². The van der Waals surface area contributed by atoms with Crippen molar-refractivity contribution in [1.82, 2.24) is 29.8 Å². The third-order valence-electron chi connectivity index (χ3n) is 5.96. The summed E-state index contributed by atoms with van der Waals surface area (Å²) < 4.78 is 2.02. The van der Waals surface area contributed by atoms with Crippen molar-refractivity contribution in [2.75, 3.05) is 4.90 Å². The summed E-state index contributed by atoms with van der Waals surface area (Å²) in [5.74, 6) is 1.71. The summed E-state index contributed by atoms with van der Waals surface area (Å²) in [5.41, 5.74) is 4.03. The van der Waals surface area contributed by atoms with Crippen molar-refractivity contribution in [3.63, 3.8) is 0 Å². The summed E-state index contributed by atoms with van der Waals surface area (Å²) in [6, 6.07) is 8.92. The van der Waals surface area contributed by atoms with E-state index in [9.17, 15) is 9.59 Å². The van der Waals surface area contributed by atoms with Gasteiger partial charge in [0, 0.05) is 17.3 Å². The number of aromatic nitrogens is 5. The van der Waals surface area contributed by atoms with Crippen LogP contribution >= 0.6 is 23.4 Å². The molecule has 1 aromatic carbocycles. The highest BCUT2D eigenvalue weighted by atomic mass is 35.5. The number of hydrogen-bond acceptors (Lipinski definition) is 6. The van der Waals surface area contributed by atoms with E-state index in [0.29, 0.717) is 51.6 Å². The van der Waals surface area contributed by atoms with Crippen molar-refractivity contribution in [2.45, 2.75) is 44.8 Å². The number of rotatable bonds is 6. The van der Waals surface area contributed by atoms with Gasteiger partial charge in [0.1, 0.15) is 11.5 Å². The van der Waals surface area contributed by atoms with E-state index in [1.807, 2.05) is 43.5 Å². The Kier molecular flexibility index (Phi) is 6.31. The van der Waals surface area contributed by atoms with Gasteiger partial charge in [0.25, 0.3) is 5.56 Å². The van der Waals surface area contributed by atoms with Gasteiger partial charge in [-0.25, -0.2) is 19.7 Å². The van der Waals surface area contributed by atoms with Gasteiger partial charge < -0.3 is 14.9 Å². The fourth-order valence-electron chi connectivity index (χ4n) is 4.36. The lowest BCUT2D eigenvalue weighted by atomic mass is 10.2. The third-order valence-corrected chi connectivity index (χ3v) is 7.08. The summed E-state index contributed by atoms with van der Waals surface area (Å²) in [6.45, 7) is 10.8. The summed E-state index contributed by atoms with van der Waals surface area (Å²) in [5, 5.41) is 4.43. The number of halogens is 1. The Morgan fingerprint density at radius 2 is 1.86 bits per heavy atom. The van der Waals surface area contributed by atoms with Gasteiger partial charge in [-0.1, -0.05) is 42.1 Å². The molecule has 1 aliphatic heterocycles. The van der Waals surface area contributed by atoms with Crippen LogP contribution in [0.3, 0.4) is 0 Å². The van der Waals surface area contributed by atoms with Crippen LogP contribution in [0.15, 0.2) is 46.9 Å². The lowest BCUT2D eigenvalue weighted by Crippen LogP contribution is -2.43. The number of nitrogens with one attached hydrogen (secondary N) is 2. The van der Waals surface area contributed by atoms with E-state index >= 15 is 0 Å². The summed E-state index contributed by atoms with van der Waals surface area (Å²) in [7, 11) is 0. The first-order valence-corrected chi connectivity index (χ1v) is 12.7. The molecule has 0 aliphatic carbocycles. The average molecular weight is 522 g/mol. The van der Waals surface area contributed by atoms with Gasteiger partial charge in [0.15, 0.2) is 16.6 Å². The van der Waals surface area contributed by atoms with Crippen LogP contribution in [0, 0.1) is 13.8 Å². The maximum atomic E-state index is 12.9. The number of aryl methyl sites for hydroxylation is 2. The molecule has 0 unspecified atom stereocenters. The summed E-state index contributed by atoms with van der Waals surface area (Å²) in [4.78, 5) is 43.8. The number of fused-ring (bicyclic) bond motifs is 2. The molecular formula is C25H24ClN7O2S. The van der Waals surface area contributed by atoms with Crippen LogP contribution in [0.5, 0.6) is 0 Å². The second-order valence-corrected chi connectivity index (χ2v) is 9.91. The Labute approximate surface area is 216 Å². The van der Waals surface area contributed by atoms with E-state index in [1.165, 1.54) is 11.8 Å². The fraction of sp³-hybridized carbons (Fsp3) is 0.240. The fourth-order valence-corrected chi connectivity index (χ4v) is 5.28. The smallest absolute Gasteiger partial charge is 0.325 e. The lowest BCUT2D eigenvalue weighted by molar-refractivity contribution is 0.249. The molecule has 0 atom stereocenters. The monoisotopic (exact) mass is 521 g/mol. The number of anilines is 1. The number of benzene rings is 1. The van der Waals surface area contributed by atoms with Crippen molar-refractivity contribution < 1.29 is 4.79 Å². The summed E-state index contributed by atoms with van der Waals surface area (Å²) >= 11 is 7.37. The largest absolute Gasteiger partial charge is 0.327 e. The molecule has 0 fully saturated rings. The van der Waals surface area contributed by atoms with E-state index in [2.05, 4.69) is 26.8 Å². The molecule has 11 heteroatoms. The predicted octanol–water partition coefficient (Wildman–Crippen LogP) is 4.80. The molecular weight excluding hydrogens is 498 g/mol. The summed E-state index contributed by atoms with van der Waals surface area (Å²) in [6.07, 6.45) is 0. The molecule has 2 amide bonds. The second kappa shape index (κ2) is 9.44. The molecule has 0 bridgehead atoms. The van der Waals surface area contributed by atoms with E-state index in [4.69, 9.17) is 16.6 Å². The number of nitrogens with zero attached hydrogens (tertiary/aromatic N) is 5. The van der Waals surface area contributed by atoms with Crippen LogP contribution in [0.25, 0.3) is 16.7 Å². The van der Waals surface area contributed by atoms with Crippen LogP contribution < -0.4 is 15.8 Å². The Bertz CT molecular complexity index is 1580. The zero-order chi connectivity index (χ0) is 25.6. The third kappa shape index (κ3) is 4.38. The molecule has 2 N–H and O–H groups in total. The number of urea groups is 1. The van der Waals surface area contributed by atoms with Gasteiger partial charge in [0.2, 0.25) is 0 Å². The molecule has 36 heavy (non-hydrogen) atoms. The molecule has 3 aromatic heterocycles. The molecule has 0 spiro atoms. The molecule has 4 aromatic rings. The number of carbonyl (C=O) groups is 1. The van der Waals surface area contributed by atoms with Gasteiger partial charge in [-0.05, 0) is 50.1 Å². The van der Waals surface area contributed by atoms with Crippen LogP contribution in [-0.4, -0.2) is 30.5 Å². The maximum Gasteiger partial charge on any atom is 0.327 e. The zero-order valence-electron chi connectivity index (χ0n) is 20.1. The molecule has 4 heterocycles. The lowest BCUT2D eigenvalue weighted by Gasteiger charge is -2.28. The standard InChI is InChI=1S/C25H24ClN7O2S/c1-5-32-18(12-36-24-30-21-19(23(34)31-24)13(2)10-14(3)27-21)29-22-20(32)15(4)28-25(35)33(22)11-16-6-8-17(26)9-7-16/h6-10H,4-5,11-12H2,1-3H3,(H,28,35)(H,27,30,31,34). The minimum absolute atomic E-state index is 0.219. The van der Waals surface area contributed by atoms with Crippen LogP contribution in [0.1, 0.15) is 35.3 Å². The first-order valence-electron chi connectivity index (χ1n) is 11.4. The molecule has 5 rings (SSSR count). The first kappa shape index (κ1) is 24.1. The SMILES string of the molecule is C=C1NC(=O)N(Cc2ccc(Cl)cc2)c2nc(CSc3nc4nc(C)cc(C)c4c(=O)[nH]3)n(CC)c21. The van der Waals surface area contributed by atoms with Gasteiger partial charge in [0.05, 0.1) is 23.4 Å². The highest BCUT2D eigenvalue weighted by Crippen LogP contribution is 2.33. The van der Waals surface area contributed by atoms with Gasteiger partial charge in [-0.2, -0.15) is 0 Å². The van der Waals surface area contributed by atoms with E-state index in [-0.39, 0.29) is 11.6 Å². The van der Waals surface area contributed by atoms with Crippen molar-refractivity contribution in [1.29, 1.82) is 0 Å². The number of carbonyl (C=O) groups excluding carboxylic acids is 1. The highest BCUT2D eigenvalue weighted by molar-refractivity contribution is 7.98. The van der Waals surface area contributed by atoms with Crippen molar-refractivity contribution in [2.24, 2.45) is 0 Å². The van der Waals surface area contributed by atoms with Crippen LogP contribution in [0.4, 0.5) is 10.6 Å². The zero-order valence-corrected chi connectivity index (χ0v) is 21.6. The average Bonchev–Trinajstić information content (AvgIpc) is 3.20. The molecule has 0 saturated carbocycles. The number of aromatic amines is 1. The predicted molar refractivity (Wildman–Crippen MR) is 142 cm³/mol. The molecule has 1 aliphatic rings. The number of thioether (sulfide) groups is 1. The number of H-pyrrole nitrogens is 1. The van der Waals surface area contributed by atoms with E-state index < -0.39 is 0 Å². The number of hydrogen-bond donors (Lipinski definition) is 2. The number of amides is 2. The van der Waals surface area contributed by atoms with Crippen LogP contribution in [0.2, 0.25) is 5.02 Å². The van der Waals surface area contributed by atoms with Crippen molar-refractivity contribution in [3.05, 3.63) is 80.6 Å². The molecule has 9 nitrogen and oxygen atoms in total. The van der Waals surface area contributed by atoms with E-state index in [0.717, 1.165) is 28.3 Å². The first-order chi connectivity index (χ1) is 17.2. The number of imidazole rings is 1. The minimum Gasteiger partial charge on any atom is -0.325 e. The highest BCUT2D eigenvalue weighted by Gasteiger charge is 2.32. The van der Waals surface area contributed by atoms with Crippen molar-refractivity contribution in [3.8, 4) is 0 Å². The second-order valence-electron chi connectivity index (χ2n) is 8.50.